The number of fused-ring (bicyclic) bond motifs is 1. The van der Waals surface area contributed by atoms with E-state index in [0.717, 1.165) is 17.6 Å². The van der Waals surface area contributed by atoms with Crippen molar-refractivity contribution in [3.8, 4) is 0 Å². The normalized spacial score (nSPS) is 22.5. The van der Waals surface area contributed by atoms with Crippen LogP contribution in [0.5, 0.6) is 0 Å². The van der Waals surface area contributed by atoms with Crippen molar-refractivity contribution < 1.29 is 9.63 Å². The third kappa shape index (κ3) is 3.75. The van der Waals surface area contributed by atoms with Gasteiger partial charge in [-0.05, 0) is 51.3 Å². The smallest absolute Gasteiger partial charge is 0.256 e. The van der Waals surface area contributed by atoms with Crippen molar-refractivity contribution in [1.29, 1.82) is 0 Å². The second-order valence-corrected chi connectivity index (χ2v) is 7.98. The minimum absolute atomic E-state index is 0.0740. The first kappa shape index (κ1) is 18.4. The zero-order chi connectivity index (χ0) is 18.0. The van der Waals surface area contributed by atoms with Crippen LogP contribution >= 0.6 is 22.6 Å². The van der Waals surface area contributed by atoms with Crippen molar-refractivity contribution in [2.24, 2.45) is 11.3 Å². The molecule has 132 valence electrons. The number of carbonyl (C=O) groups is 1. The highest BCUT2D eigenvalue weighted by atomic mass is 127. The van der Waals surface area contributed by atoms with E-state index in [1.807, 2.05) is 23.1 Å². The Morgan fingerprint density at radius 2 is 1.96 bits per heavy atom. The van der Waals surface area contributed by atoms with E-state index in [0.29, 0.717) is 19.1 Å². The molecule has 0 spiro atoms. The Balaban J connectivity index is 1.73. The molecule has 1 unspecified atom stereocenters. The van der Waals surface area contributed by atoms with Crippen LogP contribution < -0.4 is 0 Å². The summed E-state index contributed by atoms with van der Waals surface area (Å²) in [6.07, 6.45) is 0.844. The van der Waals surface area contributed by atoms with Gasteiger partial charge in [0.05, 0.1) is 12.0 Å². The summed E-state index contributed by atoms with van der Waals surface area (Å²) in [7, 11) is 0. The van der Waals surface area contributed by atoms with Gasteiger partial charge in [0, 0.05) is 0 Å². The van der Waals surface area contributed by atoms with Gasteiger partial charge in [0.2, 0.25) is 0 Å². The maximum atomic E-state index is 12.9. The largest absolute Gasteiger partial charge is 0.272 e. The van der Waals surface area contributed by atoms with Gasteiger partial charge in [-0.25, -0.2) is 5.06 Å². The van der Waals surface area contributed by atoms with Crippen LogP contribution in [0.4, 0.5) is 0 Å². The molecule has 1 heterocycles. The minimum Gasteiger partial charge on any atom is -0.272 e. The number of hydrogen-bond donors (Lipinski definition) is 0. The summed E-state index contributed by atoms with van der Waals surface area (Å²) in [5.41, 5.74) is 1.77. The molecule has 2 aromatic carbocycles. The number of benzene rings is 2. The number of hydroxylamine groups is 2. The number of rotatable bonds is 5. The lowest BCUT2D eigenvalue weighted by atomic mass is 9.78. The van der Waals surface area contributed by atoms with E-state index >= 15 is 0 Å². The van der Waals surface area contributed by atoms with Crippen LogP contribution in [0.15, 0.2) is 52.1 Å². The topological polar surface area (TPSA) is 29.5 Å². The molecular weight excluding hydrogens is 425 g/mol. The Labute approximate surface area is 163 Å². The van der Waals surface area contributed by atoms with E-state index in [9.17, 15) is 4.79 Å². The summed E-state index contributed by atoms with van der Waals surface area (Å²) in [5.74, 6) is 0.533. The average molecular weight is 449 g/mol. The molecule has 4 heteroatoms. The molecule has 3 rings (SSSR count). The molecule has 0 N–H and O–H groups in total. The quantitative estimate of drug-likeness (QED) is 0.566. The van der Waals surface area contributed by atoms with Gasteiger partial charge in [-0.2, -0.15) is 0 Å². The van der Waals surface area contributed by atoms with E-state index in [1.54, 1.807) is 5.06 Å². The van der Waals surface area contributed by atoms with Crippen molar-refractivity contribution in [2.45, 2.75) is 33.8 Å². The SMILES string of the molecule is CC(C)CC1(C)C(=O)N(OCc2ccc3ccccc3c2)C/C1=C\I. The molecule has 1 aliphatic heterocycles. The van der Waals surface area contributed by atoms with Gasteiger partial charge in [-0.3, -0.25) is 9.63 Å². The van der Waals surface area contributed by atoms with Crippen LogP contribution in [-0.2, 0) is 16.2 Å². The predicted molar refractivity (Wildman–Crippen MR) is 110 cm³/mol. The fourth-order valence-corrected chi connectivity index (χ4v) is 4.47. The van der Waals surface area contributed by atoms with Crippen LogP contribution in [0.1, 0.15) is 32.8 Å². The Morgan fingerprint density at radius 1 is 1.24 bits per heavy atom. The highest BCUT2D eigenvalue weighted by Crippen LogP contribution is 2.42. The third-order valence-corrected chi connectivity index (χ3v) is 5.62. The fraction of sp³-hybridized carbons (Fsp3) is 0.381. The van der Waals surface area contributed by atoms with E-state index < -0.39 is 5.41 Å². The maximum Gasteiger partial charge on any atom is 0.256 e. The van der Waals surface area contributed by atoms with E-state index in [2.05, 4.69) is 66.8 Å². The van der Waals surface area contributed by atoms with Crippen LogP contribution in [0.3, 0.4) is 0 Å². The number of hydrogen-bond acceptors (Lipinski definition) is 2. The van der Waals surface area contributed by atoms with Crippen molar-refractivity contribution >= 4 is 39.3 Å². The number of nitrogens with zero attached hydrogens (tertiary/aromatic N) is 1. The molecule has 25 heavy (non-hydrogen) atoms. The second kappa shape index (κ2) is 7.46. The minimum atomic E-state index is -0.446. The van der Waals surface area contributed by atoms with Crippen LogP contribution in [0.2, 0.25) is 0 Å². The molecular formula is C21H24INO2. The lowest BCUT2D eigenvalue weighted by molar-refractivity contribution is -0.187. The Hall–Kier alpha value is -1.40. The Morgan fingerprint density at radius 3 is 2.64 bits per heavy atom. The fourth-order valence-electron chi connectivity index (χ4n) is 3.59. The maximum absolute atomic E-state index is 12.9. The summed E-state index contributed by atoms with van der Waals surface area (Å²) in [6, 6.07) is 14.5. The molecule has 0 saturated carbocycles. The van der Waals surface area contributed by atoms with Gasteiger partial charge < -0.3 is 0 Å². The molecule has 1 atom stereocenters. The number of carbonyl (C=O) groups excluding carboxylic acids is 1. The van der Waals surface area contributed by atoms with Crippen molar-refractivity contribution in [2.75, 3.05) is 6.54 Å². The zero-order valence-corrected chi connectivity index (χ0v) is 17.1. The lowest BCUT2D eigenvalue weighted by Crippen LogP contribution is -2.34. The average Bonchev–Trinajstić information content (AvgIpc) is 2.83. The van der Waals surface area contributed by atoms with E-state index in [1.165, 1.54) is 10.8 Å². The summed E-state index contributed by atoms with van der Waals surface area (Å²) >= 11 is 2.23. The van der Waals surface area contributed by atoms with Crippen LogP contribution in [0.25, 0.3) is 10.8 Å². The van der Waals surface area contributed by atoms with Gasteiger partial charge in [-0.1, -0.05) is 72.8 Å². The molecule has 1 fully saturated rings. The van der Waals surface area contributed by atoms with Gasteiger partial charge in [0.25, 0.3) is 5.91 Å². The van der Waals surface area contributed by atoms with Crippen molar-refractivity contribution in [3.05, 3.63) is 57.7 Å². The summed E-state index contributed by atoms with van der Waals surface area (Å²) in [4.78, 5) is 18.8. The number of amides is 1. The van der Waals surface area contributed by atoms with Gasteiger partial charge in [-0.15, -0.1) is 0 Å². The lowest BCUT2D eigenvalue weighted by Gasteiger charge is -2.25. The molecule has 1 saturated heterocycles. The molecule has 2 aromatic rings. The molecule has 3 nitrogen and oxygen atoms in total. The first-order chi connectivity index (χ1) is 11.9. The highest BCUT2D eigenvalue weighted by Gasteiger charge is 2.47. The van der Waals surface area contributed by atoms with Crippen LogP contribution in [0, 0.1) is 11.3 Å². The molecule has 1 amide bonds. The van der Waals surface area contributed by atoms with Crippen LogP contribution in [-0.4, -0.2) is 17.5 Å². The van der Waals surface area contributed by atoms with Gasteiger partial charge in [0.15, 0.2) is 0 Å². The molecule has 0 aliphatic carbocycles. The Bertz CT molecular complexity index is 814. The van der Waals surface area contributed by atoms with Crippen molar-refractivity contribution in [3.63, 3.8) is 0 Å². The third-order valence-electron chi connectivity index (χ3n) is 4.87. The number of halogens is 1. The molecule has 1 aliphatic rings. The first-order valence-electron chi connectivity index (χ1n) is 8.66. The monoisotopic (exact) mass is 449 g/mol. The van der Waals surface area contributed by atoms with Gasteiger partial charge >= 0.3 is 0 Å². The molecule has 0 bridgehead atoms. The van der Waals surface area contributed by atoms with E-state index in [-0.39, 0.29) is 5.91 Å². The Kier molecular flexibility index (Phi) is 5.49. The second-order valence-electron chi connectivity index (χ2n) is 7.36. The molecule has 0 aromatic heterocycles. The summed E-state index contributed by atoms with van der Waals surface area (Å²) < 4.78 is 2.04. The van der Waals surface area contributed by atoms with Crippen molar-refractivity contribution in [1.82, 2.24) is 5.06 Å². The first-order valence-corrected chi connectivity index (χ1v) is 9.91. The highest BCUT2D eigenvalue weighted by molar-refractivity contribution is 14.1. The standard InChI is InChI=1S/C21H24INO2/c1-15(2)11-21(3)19(12-22)13-23(20(21)24)25-14-16-8-9-17-6-4-5-7-18(17)10-16/h4-10,12,15H,11,13-14H2,1-3H3/b19-12+. The van der Waals surface area contributed by atoms with Gasteiger partial charge in [0.1, 0.15) is 6.61 Å². The predicted octanol–water partition coefficient (Wildman–Crippen LogP) is 5.48. The molecule has 0 radical (unpaired) electrons. The van der Waals surface area contributed by atoms with E-state index in [4.69, 9.17) is 4.84 Å². The zero-order valence-electron chi connectivity index (χ0n) is 15.0. The summed E-state index contributed by atoms with van der Waals surface area (Å²) in [5, 5.41) is 3.94. The summed E-state index contributed by atoms with van der Waals surface area (Å²) in [6.45, 7) is 7.31.